The zero-order valence-corrected chi connectivity index (χ0v) is 51.2. The Hall–Kier alpha value is -3.63. The van der Waals surface area contributed by atoms with Crippen LogP contribution in [0.25, 0.3) is 0 Å². The molecule has 604 valence electrons. The summed E-state index contributed by atoms with van der Waals surface area (Å²) in [5, 5.41) is 8.12. The normalized spacial score (nSPS) is 16.1. The van der Waals surface area contributed by atoms with E-state index in [0.717, 1.165) is 23.5 Å². The largest absolute Gasteiger partial charge is 0.462 e. The number of halogens is 41. The monoisotopic (exact) mass is 1660 g/mol. The summed E-state index contributed by atoms with van der Waals surface area (Å²) in [6.07, 6.45) is -109. The summed E-state index contributed by atoms with van der Waals surface area (Å²) in [5.74, 6) is -29.5. The number of aliphatic hydroxyl groups excluding tert-OH is 1. The molecule has 0 aliphatic rings. The SMILES string of the molecule is C=C(C)C(=O)Cl.C=C(C)C(=O)OCCSCCCOCC(COC(F)(F)C(F)OC(F)(F)C(F)(F)C(F)(F)F)OC(F)(F)C(F)OC(F)(F)C(F)(F)C(F)(F)F.OCCSCCCOCC(COC(F)(F)C(F)OC(F)(F)C(F)(F)C(F)(F)F)OC(F)(F)C(F)OC(F)(F)C(F)(F)C(F)(F)F. The molecule has 6 atom stereocenters. The van der Waals surface area contributed by atoms with E-state index in [0.29, 0.717) is 5.57 Å². The Morgan fingerprint density at radius 2 is 0.624 bits per heavy atom. The van der Waals surface area contributed by atoms with Crippen LogP contribution in [-0.2, 0) is 61.7 Å². The van der Waals surface area contributed by atoms with Gasteiger partial charge in [-0.15, -0.1) is 0 Å². The third kappa shape index (κ3) is 32.2. The number of esters is 1. The number of hydrogen-bond acceptors (Lipinski definition) is 16. The molecule has 0 spiro atoms. The number of aliphatic hydroxyl groups is 1. The summed E-state index contributed by atoms with van der Waals surface area (Å²) < 4.78 is 555. The Balaban J connectivity index is -0.00000176. The topological polar surface area (TPSA) is 156 Å². The van der Waals surface area contributed by atoms with Gasteiger partial charge in [-0.05, 0) is 49.8 Å². The van der Waals surface area contributed by atoms with E-state index in [-0.39, 0.29) is 54.6 Å². The van der Waals surface area contributed by atoms with E-state index < -0.39 is 186 Å². The average molecular weight is 1660 g/mol. The molecule has 0 saturated heterocycles. The number of thioether (sulfide) groups is 2. The molecule has 101 heavy (non-hydrogen) atoms. The number of hydrogen-bond donors (Lipinski definition) is 1. The van der Waals surface area contributed by atoms with Gasteiger partial charge in [0.1, 0.15) is 18.8 Å². The molecule has 0 amide bonds. The van der Waals surface area contributed by atoms with Crippen LogP contribution in [0, 0.1) is 0 Å². The predicted molar refractivity (Wildman–Crippen MR) is 253 cm³/mol. The molecule has 0 radical (unpaired) electrons. The van der Waals surface area contributed by atoms with E-state index in [1.165, 1.54) is 6.92 Å². The van der Waals surface area contributed by atoms with Crippen molar-refractivity contribution in [3.63, 3.8) is 0 Å². The molecule has 0 rings (SSSR count). The second-order valence-electron chi connectivity index (χ2n) is 18.2. The van der Waals surface area contributed by atoms with Crippen molar-refractivity contribution in [1.29, 1.82) is 0 Å². The Morgan fingerprint density at radius 1 is 0.376 bits per heavy atom. The van der Waals surface area contributed by atoms with Crippen molar-refractivity contribution < 1.29 is 242 Å². The van der Waals surface area contributed by atoms with Gasteiger partial charge in [-0.1, -0.05) is 13.2 Å². The number of allylic oxidation sites excluding steroid dienone is 1. The maximum absolute atomic E-state index is 14.1. The summed E-state index contributed by atoms with van der Waals surface area (Å²) >= 11 is 6.94. The highest BCUT2D eigenvalue weighted by Crippen LogP contribution is 2.53. The Morgan fingerprint density at radius 3 is 0.851 bits per heavy atom. The maximum Gasteiger partial charge on any atom is 0.462 e. The summed E-state index contributed by atoms with van der Waals surface area (Å²) in [7, 11) is 0. The lowest BCUT2D eigenvalue weighted by Gasteiger charge is -2.32. The van der Waals surface area contributed by atoms with Crippen molar-refractivity contribution >= 4 is 46.3 Å². The van der Waals surface area contributed by atoms with Gasteiger partial charge in [0.05, 0.1) is 33.0 Å². The molecule has 57 heteroatoms. The van der Waals surface area contributed by atoms with Gasteiger partial charge in [0, 0.05) is 35.9 Å². The fourth-order valence-corrected chi connectivity index (χ4v) is 6.00. The first-order chi connectivity index (χ1) is 44.7. The van der Waals surface area contributed by atoms with Gasteiger partial charge in [-0.25, -0.2) is 22.4 Å². The van der Waals surface area contributed by atoms with Gasteiger partial charge in [0.15, 0.2) is 0 Å². The van der Waals surface area contributed by atoms with E-state index in [2.05, 4.69) is 60.5 Å². The number of rotatable bonds is 45. The highest BCUT2D eigenvalue weighted by Gasteiger charge is 2.79. The first-order valence-electron chi connectivity index (χ1n) is 25.0. The summed E-state index contributed by atoms with van der Waals surface area (Å²) in [4.78, 5) is 21.0. The Kier molecular flexibility index (Phi) is 39.5. The molecule has 0 fully saturated rings. The van der Waals surface area contributed by atoms with Crippen LogP contribution in [0.4, 0.5) is 176 Å². The number of ether oxygens (including phenoxy) is 11. The van der Waals surface area contributed by atoms with E-state index in [4.69, 9.17) is 21.4 Å². The van der Waals surface area contributed by atoms with Crippen molar-refractivity contribution in [2.75, 3.05) is 75.9 Å². The minimum absolute atomic E-state index is 0.0570. The van der Waals surface area contributed by atoms with Gasteiger partial charge in [0.25, 0.3) is 25.4 Å². The summed E-state index contributed by atoms with van der Waals surface area (Å²) in [5.41, 5.74) is 0.443. The molecular formula is C44H45ClF40O14S2. The fraction of sp³-hybridized carbons (Fsp3) is 0.864. The van der Waals surface area contributed by atoms with Crippen LogP contribution in [0.1, 0.15) is 26.7 Å². The molecule has 0 aromatic heterocycles. The van der Waals surface area contributed by atoms with Crippen LogP contribution in [0.3, 0.4) is 0 Å². The zero-order valence-electron chi connectivity index (χ0n) is 48.8. The standard InChI is InChI=1S/C22H22F20O7S.C18H18F20O6S.C4H5ClO/c1-10(2)12(43)45-5-7-50-6-3-4-44-8-11(47-16(27,28)14(24)49-22(41,42)18(31,32)20(36,37)38)9-46-15(25,26)13(23)48-21(39,40)17(29,30)19(33,34)35;19-9(43-17(35,36)13(25,26)15(29,30)31)11(21,22)41-7-8(6-40-3-1-4-45-5-2-39)42-12(23,24)10(20)44-18(37,38)14(27,28)16(32,33)34;1-3(2)4(5)6/h11,13-14H,1,3-9H2,2H3;8-10,39H,1-7H2;1H2,2H3. The molecule has 0 aliphatic carbocycles. The van der Waals surface area contributed by atoms with Crippen molar-refractivity contribution in [3.05, 3.63) is 24.3 Å². The van der Waals surface area contributed by atoms with E-state index in [1.54, 1.807) is 6.92 Å². The molecule has 6 unspecified atom stereocenters. The van der Waals surface area contributed by atoms with E-state index in [9.17, 15) is 185 Å². The second kappa shape index (κ2) is 39.3. The lowest BCUT2D eigenvalue weighted by Crippen LogP contribution is -2.56. The van der Waals surface area contributed by atoms with Gasteiger partial charge < -0.3 is 38.3 Å². The fourth-order valence-electron chi connectivity index (χ4n) is 4.61. The smallest absolute Gasteiger partial charge is 0.461 e. The van der Waals surface area contributed by atoms with Gasteiger partial charge in [-0.2, -0.15) is 182 Å². The maximum atomic E-state index is 14.1. The zero-order chi connectivity index (χ0) is 80.9. The third-order valence-corrected chi connectivity index (χ3v) is 12.1. The van der Waals surface area contributed by atoms with Crippen LogP contribution in [0.2, 0.25) is 0 Å². The highest BCUT2D eigenvalue weighted by atomic mass is 35.5. The molecule has 0 aromatic carbocycles. The van der Waals surface area contributed by atoms with Gasteiger partial charge in [-0.3, -0.25) is 23.7 Å². The van der Waals surface area contributed by atoms with Crippen molar-refractivity contribution in [2.45, 2.75) is 162 Å². The molecule has 0 aliphatic heterocycles. The van der Waals surface area contributed by atoms with E-state index >= 15 is 0 Å². The predicted octanol–water partition coefficient (Wildman–Crippen LogP) is 16.3. The van der Waals surface area contributed by atoms with Crippen molar-refractivity contribution in [3.8, 4) is 0 Å². The van der Waals surface area contributed by atoms with Gasteiger partial charge in [0.2, 0.25) is 5.24 Å². The summed E-state index contributed by atoms with van der Waals surface area (Å²) in [6, 6.07) is 0. The molecule has 0 heterocycles. The number of alkyl halides is 40. The lowest BCUT2D eigenvalue weighted by atomic mass is 10.3. The minimum atomic E-state index is -7.33. The molecule has 0 aromatic rings. The highest BCUT2D eigenvalue weighted by molar-refractivity contribution is 7.99. The van der Waals surface area contributed by atoms with Crippen LogP contribution >= 0.6 is 35.1 Å². The van der Waals surface area contributed by atoms with Crippen LogP contribution in [-0.4, -0.2) is 227 Å². The van der Waals surface area contributed by atoms with Crippen LogP contribution < -0.4 is 0 Å². The van der Waals surface area contributed by atoms with Crippen molar-refractivity contribution in [1.82, 2.24) is 0 Å². The van der Waals surface area contributed by atoms with Crippen LogP contribution in [0.15, 0.2) is 24.3 Å². The Labute approximate surface area is 550 Å². The lowest BCUT2D eigenvalue weighted by molar-refractivity contribution is -0.472. The Bertz CT molecular complexity index is 2480. The van der Waals surface area contributed by atoms with Gasteiger partial charge >= 0.3 is 103 Å². The van der Waals surface area contributed by atoms with Crippen molar-refractivity contribution in [2.24, 2.45) is 0 Å². The average Bonchev–Trinajstić information content (AvgIpc) is 0.791. The quantitative estimate of drug-likeness (QED) is 0.0202. The first kappa shape index (κ1) is 102. The molecule has 1 N–H and O–H groups in total. The first-order valence-corrected chi connectivity index (χ1v) is 27.7. The number of carbonyl (C=O) groups is 2. The number of carbonyl (C=O) groups excluding carboxylic acids is 2. The second-order valence-corrected chi connectivity index (χ2v) is 21.0. The molecule has 0 saturated carbocycles. The summed E-state index contributed by atoms with van der Waals surface area (Å²) in [6.45, 7) is -0.394. The molecular weight excluding hydrogens is 1610 g/mol. The molecule has 0 bridgehead atoms. The minimum Gasteiger partial charge on any atom is -0.461 e. The van der Waals surface area contributed by atoms with E-state index in [1.807, 2.05) is 0 Å². The molecule has 14 nitrogen and oxygen atoms in total. The van der Waals surface area contributed by atoms with Crippen LogP contribution in [0.5, 0.6) is 0 Å². The third-order valence-electron chi connectivity index (χ3n) is 9.66.